The van der Waals surface area contributed by atoms with Gasteiger partial charge < -0.3 is 0 Å². The molecule has 0 unspecified atom stereocenters. The van der Waals surface area contributed by atoms with Crippen LogP contribution < -0.4 is 0 Å². The van der Waals surface area contributed by atoms with Crippen molar-refractivity contribution < 1.29 is 0 Å². The highest BCUT2D eigenvalue weighted by atomic mass is 32.1. The summed E-state index contributed by atoms with van der Waals surface area (Å²) in [7, 11) is 0. The van der Waals surface area contributed by atoms with E-state index in [4.69, 9.17) is 15.0 Å². The fraction of sp³-hybridized carbons (Fsp3) is 0.0238. The van der Waals surface area contributed by atoms with Crippen molar-refractivity contribution in [2.45, 2.75) is 6.92 Å². The lowest BCUT2D eigenvalue weighted by Crippen LogP contribution is -2.01. The van der Waals surface area contributed by atoms with Crippen LogP contribution >= 0.6 is 11.3 Å². The molecular formula is C42H27N3S. The highest BCUT2D eigenvalue weighted by Crippen LogP contribution is 2.43. The number of thiophene rings is 1. The second-order valence-electron chi connectivity index (χ2n) is 11.7. The average Bonchev–Trinajstić information content (AvgIpc) is 3.49. The molecule has 2 aromatic heterocycles. The molecule has 7 aromatic carbocycles. The lowest BCUT2D eigenvalue weighted by Gasteiger charge is -2.11. The molecule has 0 radical (unpaired) electrons. The lowest BCUT2D eigenvalue weighted by molar-refractivity contribution is 1.08. The van der Waals surface area contributed by atoms with Crippen LogP contribution in [0.5, 0.6) is 0 Å². The maximum absolute atomic E-state index is 5.20. The summed E-state index contributed by atoms with van der Waals surface area (Å²) in [6.07, 6.45) is 0. The van der Waals surface area contributed by atoms with Crippen LogP contribution in [-0.4, -0.2) is 15.0 Å². The van der Waals surface area contributed by atoms with Crippen molar-refractivity contribution in [2.75, 3.05) is 0 Å². The molecule has 0 saturated heterocycles. The van der Waals surface area contributed by atoms with Gasteiger partial charge in [0.05, 0.1) is 0 Å². The second kappa shape index (κ2) is 10.7. The van der Waals surface area contributed by atoms with Gasteiger partial charge in [0.2, 0.25) is 0 Å². The van der Waals surface area contributed by atoms with E-state index in [0.29, 0.717) is 17.5 Å². The van der Waals surface area contributed by atoms with Gasteiger partial charge in [-0.05, 0) is 63.4 Å². The maximum atomic E-state index is 5.20. The van der Waals surface area contributed by atoms with E-state index in [9.17, 15) is 0 Å². The molecule has 4 heteroatoms. The van der Waals surface area contributed by atoms with Crippen LogP contribution in [0.2, 0.25) is 0 Å². The fourth-order valence-electron chi connectivity index (χ4n) is 6.52. The Bertz CT molecular complexity index is 2580. The van der Waals surface area contributed by atoms with Gasteiger partial charge in [-0.25, -0.2) is 15.0 Å². The quantitative estimate of drug-likeness (QED) is 0.200. The van der Waals surface area contributed by atoms with Crippen LogP contribution in [0.3, 0.4) is 0 Å². The van der Waals surface area contributed by atoms with Crippen LogP contribution in [-0.2, 0) is 0 Å². The predicted molar refractivity (Wildman–Crippen MR) is 194 cm³/mol. The first-order chi connectivity index (χ1) is 22.7. The average molecular weight is 606 g/mol. The standard InChI is InChI=1S/C42H27N3S/c1-26-18-23-35(39-38(26)36-24-31-13-5-6-14-32(31)25-37(36)46-39)42-44-40(30-21-19-28(20-22-30)27-10-3-2-4-11-27)43-41(45-42)34-17-9-15-29-12-7-8-16-33(29)34/h2-25H,1H3. The zero-order valence-corrected chi connectivity index (χ0v) is 25.9. The summed E-state index contributed by atoms with van der Waals surface area (Å²) in [6, 6.07) is 51.3. The van der Waals surface area contributed by atoms with E-state index in [-0.39, 0.29) is 0 Å². The Morgan fingerprint density at radius 3 is 1.85 bits per heavy atom. The van der Waals surface area contributed by atoms with Crippen LogP contribution in [0.1, 0.15) is 5.56 Å². The third-order valence-electron chi connectivity index (χ3n) is 8.85. The zero-order chi connectivity index (χ0) is 30.6. The molecule has 0 bridgehead atoms. The first kappa shape index (κ1) is 26.7. The Kier molecular flexibility index (Phi) is 6.22. The van der Waals surface area contributed by atoms with Gasteiger partial charge >= 0.3 is 0 Å². The Labute approximate surface area is 270 Å². The van der Waals surface area contributed by atoms with E-state index in [1.54, 1.807) is 0 Å². The molecule has 2 heterocycles. The SMILES string of the molecule is Cc1ccc(-c2nc(-c3ccc(-c4ccccc4)cc3)nc(-c3cccc4ccccc34)n2)c2sc3cc4ccccc4cc3c12. The molecule has 0 aliphatic carbocycles. The maximum Gasteiger partial charge on any atom is 0.165 e. The first-order valence-electron chi connectivity index (χ1n) is 15.4. The second-order valence-corrected chi connectivity index (χ2v) is 12.8. The molecule has 0 N–H and O–H groups in total. The van der Waals surface area contributed by atoms with Gasteiger partial charge in [-0.3, -0.25) is 0 Å². The minimum Gasteiger partial charge on any atom is -0.208 e. The number of hydrogen-bond acceptors (Lipinski definition) is 4. The molecule has 3 nitrogen and oxygen atoms in total. The van der Waals surface area contributed by atoms with Crippen LogP contribution in [0, 0.1) is 6.92 Å². The van der Waals surface area contributed by atoms with Gasteiger partial charge in [-0.2, -0.15) is 0 Å². The van der Waals surface area contributed by atoms with E-state index < -0.39 is 0 Å². The Balaban J connectivity index is 1.28. The predicted octanol–water partition coefficient (Wildman–Crippen LogP) is 11.5. The number of aromatic nitrogens is 3. The number of benzene rings is 7. The molecule has 0 spiro atoms. The van der Waals surface area contributed by atoms with Crippen molar-refractivity contribution in [2.24, 2.45) is 0 Å². The topological polar surface area (TPSA) is 38.7 Å². The summed E-state index contributed by atoms with van der Waals surface area (Å²) in [4.78, 5) is 15.5. The highest BCUT2D eigenvalue weighted by molar-refractivity contribution is 7.26. The Hall–Kier alpha value is -5.71. The molecule has 46 heavy (non-hydrogen) atoms. The summed E-state index contributed by atoms with van der Waals surface area (Å²) in [5.74, 6) is 2.01. The van der Waals surface area contributed by atoms with Crippen LogP contribution in [0.15, 0.2) is 146 Å². The molecule has 0 fully saturated rings. The molecule has 0 aliphatic rings. The summed E-state index contributed by atoms with van der Waals surface area (Å²) >= 11 is 1.82. The van der Waals surface area contributed by atoms with Crippen molar-refractivity contribution in [1.82, 2.24) is 15.0 Å². The fourth-order valence-corrected chi connectivity index (χ4v) is 7.83. The molecule has 9 aromatic rings. The third kappa shape index (κ3) is 4.46. The van der Waals surface area contributed by atoms with Crippen LogP contribution in [0.4, 0.5) is 0 Å². The van der Waals surface area contributed by atoms with Crippen molar-refractivity contribution in [3.8, 4) is 45.3 Å². The molecule has 0 atom stereocenters. The highest BCUT2D eigenvalue weighted by Gasteiger charge is 2.19. The van der Waals surface area contributed by atoms with E-state index in [2.05, 4.69) is 146 Å². The summed E-state index contributed by atoms with van der Waals surface area (Å²) in [5, 5.41) is 7.32. The third-order valence-corrected chi connectivity index (χ3v) is 10.0. The first-order valence-corrected chi connectivity index (χ1v) is 16.3. The number of hydrogen-bond donors (Lipinski definition) is 0. The number of rotatable bonds is 4. The zero-order valence-electron chi connectivity index (χ0n) is 25.1. The lowest BCUT2D eigenvalue weighted by atomic mass is 10.0. The number of aryl methyl sites for hydroxylation is 1. The smallest absolute Gasteiger partial charge is 0.165 e. The van der Waals surface area contributed by atoms with Crippen LogP contribution in [0.25, 0.3) is 87.0 Å². The van der Waals surface area contributed by atoms with Gasteiger partial charge in [0, 0.05) is 36.9 Å². The largest absolute Gasteiger partial charge is 0.208 e. The van der Waals surface area contributed by atoms with E-state index >= 15 is 0 Å². The molecule has 9 rings (SSSR count). The van der Waals surface area contributed by atoms with E-state index in [1.807, 2.05) is 17.4 Å². The van der Waals surface area contributed by atoms with Gasteiger partial charge in [0.15, 0.2) is 17.5 Å². The molecule has 0 amide bonds. The van der Waals surface area contributed by atoms with E-state index in [1.165, 1.54) is 42.1 Å². The molecule has 0 saturated carbocycles. The van der Waals surface area contributed by atoms with Gasteiger partial charge in [0.1, 0.15) is 0 Å². The number of fused-ring (bicyclic) bond motifs is 5. The van der Waals surface area contributed by atoms with E-state index in [0.717, 1.165) is 33.0 Å². The van der Waals surface area contributed by atoms with Crippen molar-refractivity contribution in [3.63, 3.8) is 0 Å². The van der Waals surface area contributed by atoms with Crippen molar-refractivity contribution in [1.29, 1.82) is 0 Å². The normalized spacial score (nSPS) is 11.6. The Morgan fingerprint density at radius 1 is 0.435 bits per heavy atom. The summed E-state index contributed by atoms with van der Waals surface area (Å²) in [6.45, 7) is 2.20. The van der Waals surface area contributed by atoms with Gasteiger partial charge in [0.25, 0.3) is 0 Å². The van der Waals surface area contributed by atoms with Crippen molar-refractivity contribution >= 4 is 53.1 Å². The molecular weight excluding hydrogens is 579 g/mol. The minimum absolute atomic E-state index is 0.660. The van der Waals surface area contributed by atoms with Gasteiger partial charge in [-0.15, -0.1) is 11.3 Å². The van der Waals surface area contributed by atoms with Gasteiger partial charge in [-0.1, -0.05) is 127 Å². The monoisotopic (exact) mass is 605 g/mol. The summed E-state index contributed by atoms with van der Waals surface area (Å²) in [5.41, 5.74) is 6.56. The minimum atomic E-state index is 0.660. The van der Waals surface area contributed by atoms with Crippen molar-refractivity contribution in [3.05, 3.63) is 151 Å². The number of nitrogens with zero attached hydrogens (tertiary/aromatic N) is 3. The molecule has 0 aliphatic heterocycles. The Morgan fingerprint density at radius 2 is 1.04 bits per heavy atom. The summed E-state index contributed by atoms with van der Waals surface area (Å²) < 4.78 is 2.47. The molecule has 216 valence electrons.